The molecule has 1 aliphatic rings. The van der Waals surface area contributed by atoms with Gasteiger partial charge in [0.1, 0.15) is 5.15 Å². The Morgan fingerprint density at radius 3 is 2.93 bits per heavy atom. The van der Waals surface area contributed by atoms with E-state index in [2.05, 4.69) is 4.98 Å². The van der Waals surface area contributed by atoms with Gasteiger partial charge in [-0.25, -0.2) is 4.98 Å². The molecule has 5 heteroatoms. The highest BCUT2D eigenvalue weighted by Gasteiger charge is 2.25. The van der Waals surface area contributed by atoms with Gasteiger partial charge in [-0.1, -0.05) is 11.6 Å². The number of amides is 1. The monoisotopic (exact) mass is 226 g/mol. The molecule has 1 fully saturated rings. The van der Waals surface area contributed by atoms with Crippen LogP contribution in [0.2, 0.25) is 5.15 Å². The Morgan fingerprint density at radius 1 is 1.60 bits per heavy atom. The van der Waals surface area contributed by atoms with Gasteiger partial charge in [0.05, 0.1) is 11.7 Å². The van der Waals surface area contributed by atoms with E-state index in [1.807, 2.05) is 0 Å². The lowest BCUT2D eigenvalue weighted by atomic mass is 10.2. The molecule has 0 radical (unpaired) electrons. The molecule has 1 unspecified atom stereocenters. The molecule has 2 heterocycles. The molecule has 4 nitrogen and oxygen atoms in total. The summed E-state index contributed by atoms with van der Waals surface area (Å²) in [6, 6.07) is 3.23. The fourth-order valence-electron chi connectivity index (χ4n) is 1.61. The zero-order valence-electron chi connectivity index (χ0n) is 8.06. The first kappa shape index (κ1) is 10.4. The van der Waals surface area contributed by atoms with E-state index < -0.39 is 6.10 Å². The Morgan fingerprint density at radius 2 is 2.40 bits per heavy atom. The van der Waals surface area contributed by atoms with Crippen molar-refractivity contribution in [3.8, 4) is 0 Å². The molecule has 1 N–H and O–H groups in total. The lowest BCUT2D eigenvalue weighted by Gasteiger charge is -2.14. The minimum absolute atomic E-state index is 0.101. The Kier molecular flexibility index (Phi) is 2.88. The number of halogens is 1. The number of aliphatic hydroxyl groups is 1. The van der Waals surface area contributed by atoms with Crippen LogP contribution >= 0.6 is 11.6 Å². The van der Waals surface area contributed by atoms with Crippen LogP contribution in [0.25, 0.3) is 0 Å². The number of hydrogen-bond acceptors (Lipinski definition) is 3. The minimum Gasteiger partial charge on any atom is -0.391 e. The number of carbonyl (C=O) groups excluding carboxylic acids is 1. The fraction of sp³-hybridized carbons (Fsp3) is 0.400. The highest BCUT2D eigenvalue weighted by Crippen LogP contribution is 2.14. The maximum absolute atomic E-state index is 11.8. The first-order valence-electron chi connectivity index (χ1n) is 4.76. The summed E-state index contributed by atoms with van der Waals surface area (Å²) < 4.78 is 0. The number of carbonyl (C=O) groups is 1. The summed E-state index contributed by atoms with van der Waals surface area (Å²) in [4.78, 5) is 17.3. The molecule has 0 aliphatic carbocycles. The highest BCUT2D eigenvalue weighted by molar-refractivity contribution is 6.29. The molecule has 0 aromatic carbocycles. The smallest absolute Gasteiger partial charge is 0.255 e. The first-order valence-corrected chi connectivity index (χ1v) is 5.13. The van der Waals surface area contributed by atoms with Crippen molar-refractivity contribution >= 4 is 17.5 Å². The van der Waals surface area contributed by atoms with Crippen LogP contribution < -0.4 is 0 Å². The third-order valence-corrected chi connectivity index (χ3v) is 2.65. The van der Waals surface area contributed by atoms with E-state index in [0.717, 1.165) is 0 Å². The lowest BCUT2D eigenvalue weighted by Crippen LogP contribution is -2.29. The molecular weight excluding hydrogens is 216 g/mol. The summed E-state index contributed by atoms with van der Waals surface area (Å²) in [5.41, 5.74) is 0.508. The van der Waals surface area contributed by atoms with Crippen molar-refractivity contribution < 1.29 is 9.90 Å². The highest BCUT2D eigenvalue weighted by atomic mass is 35.5. The van der Waals surface area contributed by atoms with Gasteiger partial charge in [0, 0.05) is 19.3 Å². The number of hydrogen-bond donors (Lipinski definition) is 1. The van der Waals surface area contributed by atoms with Crippen LogP contribution in [0, 0.1) is 0 Å². The van der Waals surface area contributed by atoms with Gasteiger partial charge in [0.25, 0.3) is 5.91 Å². The average Bonchev–Trinajstić information content (AvgIpc) is 2.65. The summed E-state index contributed by atoms with van der Waals surface area (Å²) in [5, 5.41) is 9.68. The predicted octanol–water partition coefficient (Wildman–Crippen LogP) is 0.942. The van der Waals surface area contributed by atoms with E-state index in [9.17, 15) is 9.90 Å². The second-order valence-electron chi connectivity index (χ2n) is 3.56. The minimum atomic E-state index is -0.394. The summed E-state index contributed by atoms with van der Waals surface area (Å²) in [6.45, 7) is 1.00. The van der Waals surface area contributed by atoms with Crippen LogP contribution in [0.3, 0.4) is 0 Å². The molecule has 0 spiro atoms. The third kappa shape index (κ3) is 2.27. The fourth-order valence-corrected chi connectivity index (χ4v) is 1.72. The van der Waals surface area contributed by atoms with Gasteiger partial charge in [0.2, 0.25) is 0 Å². The van der Waals surface area contributed by atoms with Gasteiger partial charge in [-0.15, -0.1) is 0 Å². The van der Waals surface area contributed by atoms with Gasteiger partial charge in [0.15, 0.2) is 0 Å². The van der Waals surface area contributed by atoms with Crippen molar-refractivity contribution in [1.29, 1.82) is 0 Å². The summed E-state index contributed by atoms with van der Waals surface area (Å²) in [5.74, 6) is -0.101. The molecule has 80 valence electrons. The third-order valence-electron chi connectivity index (χ3n) is 2.42. The SMILES string of the molecule is O=C(c1ccc(Cl)nc1)N1CCC(O)C1. The summed E-state index contributed by atoms with van der Waals surface area (Å²) in [6.07, 6.45) is 1.71. The van der Waals surface area contributed by atoms with E-state index in [4.69, 9.17) is 11.6 Å². The maximum Gasteiger partial charge on any atom is 0.255 e. The van der Waals surface area contributed by atoms with Crippen LogP contribution in [0.5, 0.6) is 0 Å². The van der Waals surface area contributed by atoms with Crippen molar-refractivity contribution in [2.45, 2.75) is 12.5 Å². The number of likely N-dealkylation sites (tertiary alicyclic amines) is 1. The van der Waals surface area contributed by atoms with Crippen LogP contribution in [0.1, 0.15) is 16.8 Å². The topological polar surface area (TPSA) is 53.4 Å². The quantitative estimate of drug-likeness (QED) is 0.726. The van der Waals surface area contributed by atoms with Gasteiger partial charge in [-0.3, -0.25) is 4.79 Å². The van der Waals surface area contributed by atoms with E-state index in [1.165, 1.54) is 6.20 Å². The van der Waals surface area contributed by atoms with Crippen LogP contribution in [-0.4, -0.2) is 40.1 Å². The standard InChI is InChI=1S/C10H11ClN2O2/c11-9-2-1-7(5-12-9)10(15)13-4-3-8(14)6-13/h1-2,5,8,14H,3-4,6H2. The van der Waals surface area contributed by atoms with Gasteiger partial charge >= 0.3 is 0 Å². The van der Waals surface area contributed by atoms with Crippen molar-refractivity contribution in [3.63, 3.8) is 0 Å². The van der Waals surface area contributed by atoms with E-state index >= 15 is 0 Å². The zero-order valence-corrected chi connectivity index (χ0v) is 8.81. The van der Waals surface area contributed by atoms with Crippen LogP contribution in [0.15, 0.2) is 18.3 Å². The largest absolute Gasteiger partial charge is 0.391 e. The number of aromatic nitrogens is 1. The molecule has 1 atom stereocenters. The van der Waals surface area contributed by atoms with Gasteiger partial charge < -0.3 is 10.0 Å². The normalized spacial score (nSPS) is 20.7. The molecule has 15 heavy (non-hydrogen) atoms. The second-order valence-corrected chi connectivity index (χ2v) is 3.95. The van der Waals surface area contributed by atoms with E-state index in [0.29, 0.717) is 30.2 Å². The Hall–Kier alpha value is -1.13. The molecule has 1 aliphatic heterocycles. The van der Waals surface area contributed by atoms with Crippen molar-refractivity contribution in [2.75, 3.05) is 13.1 Å². The summed E-state index contributed by atoms with van der Waals surface area (Å²) >= 11 is 5.62. The van der Waals surface area contributed by atoms with Crippen molar-refractivity contribution in [1.82, 2.24) is 9.88 Å². The number of rotatable bonds is 1. The molecular formula is C10H11ClN2O2. The van der Waals surface area contributed by atoms with Crippen molar-refractivity contribution in [3.05, 3.63) is 29.0 Å². The molecule has 0 saturated carbocycles. The molecule has 1 aromatic heterocycles. The number of aliphatic hydroxyl groups excluding tert-OH is 1. The maximum atomic E-state index is 11.8. The molecule has 2 rings (SSSR count). The van der Waals surface area contributed by atoms with E-state index in [-0.39, 0.29) is 5.91 Å². The average molecular weight is 227 g/mol. The van der Waals surface area contributed by atoms with Gasteiger partial charge in [-0.2, -0.15) is 0 Å². The second kappa shape index (κ2) is 4.16. The predicted molar refractivity (Wildman–Crippen MR) is 55.8 cm³/mol. The number of nitrogens with zero attached hydrogens (tertiary/aromatic N) is 2. The van der Waals surface area contributed by atoms with Gasteiger partial charge in [-0.05, 0) is 18.6 Å². The summed E-state index contributed by atoms with van der Waals surface area (Å²) in [7, 11) is 0. The lowest BCUT2D eigenvalue weighted by molar-refractivity contribution is 0.0764. The van der Waals surface area contributed by atoms with Crippen LogP contribution in [0.4, 0.5) is 0 Å². The number of β-amino-alcohol motifs (C(OH)–C–C–N with tert-alkyl or cyclic N) is 1. The number of pyridine rings is 1. The Balaban J connectivity index is 2.11. The molecule has 1 aromatic rings. The Labute approximate surface area is 92.5 Å². The van der Waals surface area contributed by atoms with Crippen LogP contribution in [-0.2, 0) is 0 Å². The molecule has 1 saturated heterocycles. The molecule has 0 bridgehead atoms. The van der Waals surface area contributed by atoms with Crippen molar-refractivity contribution in [2.24, 2.45) is 0 Å². The molecule has 1 amide bonds. The van der Waals surface area contributed by atoms with E-state index in [1.54, 1.807) is 17.0 Å². The first-order chi connectivity index (χ1) is 7.16. The zero-order chi connectivity index (χ0) is 10.8. The Bertz CT molecular complexity index is 366.